The summed E-state index contributed by atoms with van der Waals surface area (Å²) in [4.78, 5) is 0. The van der Waals surface area contributed by atoms with E-state index in [2.05, 4.69) is 49.2 Å². The van der Waals surface area contributed by atoms with Crippen molar-refractivity contribution in [3.63, 3.8) is 0 Å². The van der Waals surface area contributed by atoms with Gasteiger partial charge < -0.3 is 18.9 Å². The van der Waals surface area contributed by atoms with E-state index < -0.39 is 0 Å². The van der Waals surface area contributed by atoms with Crippen LogP contribution >= 0.6 is 0 Å². The van der Waals surface area contributed by atoms with Crippen LogP contribution in [0, 0.1) is 0 Å². The minimum Gasteiger partial charge on any atom is -0.493 e. The molecular weight excluding hydrogens is 428 g/mol. The van der Waals surface area contributed by atoms with Crippen molar-refractivity contribution in [2.45, 2.75) is 38.5 Å². The van der Waals surface area contributed by atoms with Gasteiger partial charge in [-0.05, 0) is 35.7 Å². The van der Waals surface area contributed by atoms with Crippen LogP contribution in [0.15, 0.2) is 65.8 Å². The molecule has 0 radical (unpaired) electrons. The SMILES string of the molecule is COc1ccc(C2=NN3C(C2)c2cccc(OC)c2OC3c2ccc(C(C)C)cc2)cc1OC. The Balaban J connectivity index is 1.58. The van der Waals surface area contributed by atoms with Crippen LogP contribution in [0.1, 0.15) is 60.7 Å². The predicted molar refractivity (Wildman–Crippen MR) is 132 cm³/mol. The number of rotatable bonds is 6. The number of fused-ring (bicyclic) bond motifs is 3. The van der Waals surface area contributed by atoms with Gasteiger partial charge in [0.2, 0.25) is 6.23 Å². The Hall–Kier alpha value is -3.67. The number of methoxy groups -OCH3 is 3. The van der Waals surface area contributed by atoms with Crippen molar-refractivity contribution < 1.29 is 18.9 Å². The second-order valence-electron chi connectivity index (χ2n) is 8.89. The molecule has 2 unspecified atom stereocenters. The number of hydrazone groups is 1. The average molecular weight is 459 g/mol. The lowest BCUT2D eigenvalue weighted by Gasteiger charge is -2.38. The number of hydrogen-bond acceptors (Lipinski definition) is 6. The number of para-hydroxylation sites is 1. The van der Waals surface area contributed by atoms with Gasteiger partial charge in [-0.3, -0.25) is 0 Å². The van der Waals surface area contributed by atoms with Crippen molar-refractivity contribution >= 4 is 5.71 Å². The summed E-state index contributed by atoms with van der Waals surface area (Å²) in [6, 6.07) is 20.6. The number of hydrogen-bond donors (Lipinski definition) is 0. The van der Waals surface area contributed by atoms with Crippen LogP contribution in [0.3, 0.4) is 0 Å². The van der Waals surface area contributed by atoms with Crippen LogP contribution in [0.2, 0.25) is 0 Å². The van der Waals surface area contributed by atoms with E-state index in [1.807, 2.05) is 30.3 Å². The summed E-state index contributed by atoms with van der Waals surface area (Å²) in [6.07, 6.45) is 0.396. The molecule has 3 aromatic carbocycles. The van der Waals surface area contributed by atoms with E-state index in [4.69, 9.17) is 24.0 Å². The van der Waals surface area contributed by atoms with Gasteiger partial charge >= 0.3 is 0 Å². The lowest BCUT2D eigenvalue weighted by molar-refractivity contribution is -0.0209. The third kappa shape index (κ3) is 3.73. The van der Waals surface area contributed by atoms with Gasteiger partial charge in [0, 0.05) is 23.1 Å². The molecule has 6 nitrogen and oxygen atoms in total. The van der Waals surface area contributed by atoms with Crippen molar-refractivity contribution in [1.82, 2.24) is 5.01 Å². The first-order valence-corrected chi connectivity index (χ1v) is 11.6. The zero-order valence-corrected chi connectivity index (χ0v) is 20.2. The minimum atomic E-state index is -0.354. The van der Waals surface area contributed by atoms with Crippen LogP contribution in [0.25, 0.3) is 0 Å². The molecule has 6 heteroatoms. The summed E-state index contributed by atoms with van der Waals surface area (Å²) in [5.74, 6) is 3.38. The Morgan fingerprint density at radius 1 is 0.882 bits per heavy atom. The molecule has 0 spiro atoms. The molecule has 176 valence electrons. The molecule has 2 aliphatic heterocycles. The maximum Gasteiger partial charge on any atom is 0.214 e. The Kier molecular flexibility index (Phi) is 5.82. The molecule has 2 atom stereocenters. The Morgan fingerprint density at radius 3 is 2.29 bits per heavy atom. The first-order valence-electron chi connectivity index (χ1n) is 11.6. The van der Waals surface area contributed by atoms with E-state index in [0.29, 0.717) is 17.4 Å². The number of ether oxygens (including phenoxy) is 4. The van der Waals surface area contributed by atoms with Crippen molar-refractivity contribution in [2.75, 3.05) is 21.3 Å². The second-order valence-corrected chi connectivity index (χ2v) is 8.89. The molecule has 3 aromatic rings. The first-order chi connectivity index (χ1) is 16.5. The normalized spacial score (nSPS) is 18.6. The van der Waals surface area contributed by atoms with E-state index >= 15 is 0 Å². The molecule has 0 saturated heterocycles. The van der Waals surface area contributed by atoms with E-state index in [9.17, 15) is 0 Å². The molecule has 0 N–H and O–H groups in total. The van der Waals surface area contributed by atoms with Gasteiger partial charge in [0.1, 0.15) is 0 Å². The van der Waals surface area contributed by atoms with Crippen LogP contribution < -0.4 is 18.9 Å². The fourth-order valence-corrected chi connectivity index (χ4v) is 4.70. The molecule has 5 rings (SSSR count). The van der Waals surface area contributed by atoms with Crippen molar-refractivity contribution in [3.05, 3.63) is 82.9 Å². The summed E-state index contributed by atoms with van der Waals surface area (Å²) in [5.41, 5.74) is 5.42. The standard InChI is InChI=1S/C28H30N2O4/c1-17(2)18-9-11-19(12-10-18)28-30-23(21-7-6-8-25(32-4)27(21)34-28)16-22(29-30)20-13-14-24(31-3)26(15-20)33-5/h6-15,17,23,28H,16H2,1-5H3. The zero-order valence-electron chi connectivity index (χ0n) is 20.2. The Bertz CT molecular complexity index is 1220. The van der Waals surface area contributed by atoms with Crippen LogP contribution in [0.5, 0.6) is 23.0 Å². The van der Waals surface area contributed by atoms with E-state index in [0.717, 1.165) is 40.3 Å². The molecule has 2 heterocycles. The van der Waals surface area contributed by atoms with Gasteiger partial charge in [-0.2, -0.15) is 5.10 Å². The van der Waals surface area contributed by atoms with Gasteiger partial charge in [-0.1, -0.05) is 50.2 Å². The highest BCUT2D eigenvalue weighted by Crippen LogP contribution is 2.51. The Labute approximate surface area is 200 Å². The minimum absolute atomic E-state index is 0.0386. The fraction of sp³-hybridized carbons (Fsp3) is 0.321. The number of benzene rings is 3. The second kappa shape index (κ2) is 8.93. The largest absolute Gasteiger partial charge is 0.493 e. The first kappa shape index (κ1) is 22.1. The summed E-state index contributed by atoms with van der Waals surface area (Å²) < 4.78 is 23.2. The summed E-state index contributed by atoms with van der Waals surface area (Å²) in [7, 11) is 4.97. The van der Waals surface area contributed by atoms with Crippen LogP contribution in [0.4, 0.5) is 0 Å². The highest BCUT2D eigenvalue weighted by Gasteiger charge is 2.42. The lowest BCUT2D eigenvalue weighted by Crippen LogP contribution is -2.33. The molecule has 0 bridgehead atoms. The summed E-state index contributed by atoms with van der Waals surface area (Å²) in [5, 5.41) is 7.15. The molecule has 0 amide bonds. The van der Waals surface area contributed by atoms with E-state index in [1.165, 1.54) is 5.56 Å². The predicted octanol–water partition coefficient (Wildman–Crippen LogP) is 6.08. The fourth-order valence-electron chi connectivity index (χ4n) is 4.70. The number of nitrogens with zero attached hydrogens (tertiary/aromatic N) is 2. The van der Waals surface area contributed by atoms with Crippen LogP contribution in [-0.4, -0.2) is 32.0 Å². The maximum absolute atomic E-state index is 6.57. The monoisotopic (exact) mass is 458 g/mol. The smallest absolute Gasteiger partial charge is 0.214 e. The third-order valence-electron chi connectivity index (χ3n) is 6.61. The molecule has 0 saturated carbocycles. The third-order valence-corrected chi connectivity index (χ3v) is 6.61. The highest BCUT2D eigenvalue weighted by molar-refractivity contribution is 6.02. The van der Waals surface area contributed by atoms with Gasteiger partial charge in [-0.25, -0.2) is 5.01 Å². The lowest BCUT2D eigenvalue weighted by atomic mass is 9.95. The van der Waals surface area contributed by atoms with Crippen molar-refractivity contribution in [2.24, 2.45) is 5.10 Å². The molecule has 0 aliphatic carbocycles. The maximum atomic E-state index is 6.57. The topological polar surface area (TPSA) is 52.5 Å². The van der Waals surface area contributed by atoms with Gasteiger partial charge in [0.05, 0.1) is 33.1 Å². The Morgan fingerprint density at radius 2 is 1.62 bits per heavy atom. The van der Waals surface area contributed by atoms with Gasteiger partial charge in [-0.15, -0.1) is 0 Å². The molecule has 2 aliphatic rings. The van der Waals surface area contributed by atoms with Crippen molar-refractivity contribution in [3.8, 4) is 23.0 Å². The van der Waals surface area contributed by atoms with Crippen LogP contribution in [-0.2, 0) is 0 Å². The summed E-state index contributed by atoms with van der Waals surface area (Å²) in [6.45, 7) is 4.40. The summed E-state index contributed by atoms with van der Waals surface area (Å²) >= 11 is 0. The zero-order chi connectivity index (χ0) is 23.8. The highest BCUT2D eigenvalue weighted by atomic mass is 16.5. The van der Waals surface area contributed by atoms with Gasteiger partial charge in [0.25, 0.3) is 0 Å². The average Bonchev–Trinajstić information content (AvgIpc) is 3.33. The van der Waals surface area contributed by atoms with E-state index in [-0.39, 0.29) is 12.3 Å². The molecule has 34 heavy (non-hydrogen) atoms. The van der Waals surface area contributed by atoms with E-state index in [1.54, 1.807) is 21.3 Å². The molecular formula is C28H30N2O4. The van der Waals surface area contributed by atoms with Crippen molar-refractivity contribution in [1.29, 1.82) is 0 Å². The molecule has 0 aromatic heterocycles. The van der Waals surface area contributed by atoms with Gasteiger partial charge in [0.15, 0.2) is 23.0 Å². The quantitative estimate of drug-likeness (QED) is 0.448. The molecule has 0 fully saturated rings.